The topological polar surface area (TPSA) is 54.1 Å². The summed E-state index contributed by atoms with van der Waals surface area (Å²) in [6.07, 6.45) is 3.61. The van der Waals surface area contributed by atoms with E-state index in [0.717, 1.165) is 50.8 Å². The number of nitrogens with two attached hydrogens (primary N) is 1. The van der Waals surface area contributed by atoms with Gasteiger partial charge in [-0.1, -0.05) is 0 Å². The predicted octanol–water partition coefficient (Wildman–Crippen LogP) is 1.82. The van der Waals surface area contributed by atoms with Crippen LogP contribution in [0, 0.1) is 0 Å². The summed E-state index contributed by atoms with van der Waals surface area (Å²) < 4.78 is 5.82. The van der Waals surface area contributed by atoms with Gasteiger partial charge in [0.15, 0.2) is 5.88 Å². The maximum absolute atomic E-state index is 5.82. The Labute approximate surface area is 129 Å². The van der Waals surface area contributed by atoms with Crippen LogP contribution in [-0.2, 0) is 4.74 Å². The van der Waals surface area contributed by atoms with Gasteiger partial charge in [0.05, 0.1) is 6.54 Å². The molecule has 1 heterocycles. The highest BCUT2D eigenvalue weighted by molar-refractivity contribution is 5.71. The Balaban J connectivity index is 2.25. The smallest absolute Gasteiger partial charge is 0.182 e. The Bertz CT molecular complexity index is 384. The van der Waals surface area contributed by atoms with Crippen molar-refractivity contribution < 1.29 is 4.74 Å². The SMILES string of the molecule is C=C(OC(C)(C)C)N1CCN(CCN=C/C=C(/C)N)CC1. The van der Waals surface area contributed by atoms with Crippen LogP contribution in [0.5, 0.6) is 0 Å². The average molecular weight is 294 g/mol. The molecule has 0 atom stereocenters. The van der Waals surface area contributed by atoms with Gasteiger partial charge in [-0.05, 0) is 40.3 Å². The van der Waals surface area contributed by atoms with Crippen molar-refractivity contribution in [3.8, 4) is 0 Å². The minimum atomic E-state index is -0.183. The van der Waals surface area contributed by atoms with Gasteiger partial charge in [0.1, 0.15) is 5.60 Å². The van der Waals surface area contributed by atoms with E-state index in [1.165, 1.54) is 0 Å². The molecule has 21 heavy (non-hydrogen) atoms. The normalized spacial score (nSPS) is 18.3. The van der Waals surface area contributed by atoms with E-state index in [0.29, 0.717) is 0 Å². The van der Waals surface area contributed by atoms with Gasteiger partial charge in [0.2, 0.25) is 0 Å². The molecule has 5 nitrogen and oxygen atoms in total. The molecule has 1 aliphatic rings. The number of piperazine rings is 1. The minimum Gasteiger partial charge on any atom is -0.474 e. The Morgan fingerprint density at radius 2 is 1.90 bits per heavy atom. The molecule has 2 N–H and O–H groups in total. The first-order valence-electron chi connectivity index (χ1n) is 7.55. The predicted molar refractivity (Wildman–Crippen MR) is 89.3 cm³/mol. The third-order valence-electron chi connectivity index (χ3n) is 3.14. The fraction of sp³-hybridized carbons (Fsp3) is 0.688. The molecule has 120 valence electrons. The average Bonchev–Trinajstić information content (AvgIpc) is 2.36. The summed E-state index contributed by atoms with van der Waals surface area (Å²) in [4.78, 5) is 8.96. The van der Waals surface area contributed by atoms with Crippen molar-refractivity contribution in [2.24, 2.45) is 10.7 Å². The van der Waals surface area contributed by atoms with Crippen LogP contribution in [0.4, 0.5) is 0 Å². The van der Waals surface area contributed by atoms with Crippen molar-refractivity contribution in [2.75, 3.05) is 39.3 Å². The molecular formula is C16H30N4O. The zero-order valence-corrected chi connectivity index (χ0v) is 13.9. The first kappa shape index (κ1) is 17.6. The second-order valence-electron chi connectivity index (χ2n) is 6.40. The Morgan fingerprint density at radius 1 is 1.29 bits per heavy atom. The molecule has 1 saturated heterocycles. The molecule has 0 saturated carbocycles. The van der Waals surface area contributed by atoms with Gasteiger partial charge in [-0.2, -0.15) is 0 Å². The molecule has 1 rings (SSSR count). The quantitative estimate of drug-likeness (QED) is 0.600. The van der Waals surface area contributed by atoms with Crippen LogP contribution < -0.4 is 5.73 Å². The van der Waals surface area contributed by atoms with E-state index in [1.807, 2.05) is 33.8 Å². The van der Waals surface area contributed by atoms with Crippen molar-refractivity contribution in [3.05, 3.63) is 24.2 Å². The van der Waals surface area contributed by atoms with Gasteiger partial charge in [-0.3, -0.25) is 9.89 Å². The second-order valence-corrected chi connectivity index (χ2v) is 6.40. The summed E-state index contributed by atoms with van der Waals surface area (Å²) >= 11 is 0. The summed E-state index contributed by atoms with van der Waals surface area (Å²) in [6, 6.07) is 0. The maximum Gasteiger partial charge on any atom is 0.182 e. The van der Waals surface area contributed by atoms with E-state index in [2.05, 4.69) is 21.4 Å². The number of hydrogen-bond acceptors (Lipinski definition) is 5. The van der Waals surface area contributed by atoms with Gasteiger partial charge in [0, 0.05) is 44.6 Å². The van der Waals surface area contributed by atoms with Crippen LogP contribution in [0.15, 0.2) is 29.2 Å². The fourth-order valence-electron chi connectivity index (χ4n) is 2.08. The van der Waals surface area contributed by atoms with Crippen molar-refractivity contribution in [2.45, 2.75) is 33.3 Å². The van der Waals surface area contributed by atoms with Gasteiger partial charge < -0.3 is 15.4 Å². The fourth-order valence-corrected chi connectivity index (χ4v) is 2.08. The first-order chi connectivity index (χ1) is 9.78. The highest BCUT2D eigenvalue weighted by atomic mass is 16.5. The Morgan fingerprint density at radius 3 is 2.43 bits per heavy atom. The van der Waals surface area contributed by atoms with E-state index in [-0.39, 0.29) is 5.60 Å². The first-order valence-corrected chi connectivity index (χ1v) is 7.55. The highest BCUT2D eigenvalue weighted by Gasteiger charge is 2.21. The molecule has 0 aliphatic carbocycles. The second kappa shape index (κ2) is 8.08. The molecule has 0 unspecified atom stereocenters. The lowest BCUT2D eigenvalue weighted by molar-refractivity contribution is -0.00935. The van der Waals surface area contributed by atoms with Crippen molar-refractivity contribution >= 4 is 6.21 Å². The van der Waals surface area contributed by atoms with E-state index >= 15 is 0 Å². The molecule has 1 aliphatic heterocycles. The zero-order chi connectivity index (χ0) is 15.9. The largest absolute Gasteiger partial charge is 0.474 e. The van der Waals surface area contributed by atoms with Gasteiger partial charge >= 0.3 is 0 Å². The lowest BCUT2D eigenvalue weighted by Gasteiger charge is -2.38. The summed E-state index contributed by atoms with van der Waals surface area (Å²) in [5, 5.41) is 0. The third kappa shape index (κ3) is 7.75. The van der Waals surface area contributed by atoms with Crippen LogP contribution in [-0.4, -0.2) is 60.9 Å². The molecule has 0 aromatic rings. The number of rotatable bonds is 6. The Hall–Kier alpha value is -1.49. The van der Waals surface area contributed by atoms with Crippen LogP contribution in [0.25, 0.3) is 0 Å². The summed E-state index contributed by atoms with van der Waals surface area (Å²) in [5.41, 5.74) is 6.14. The molecule has 1 fully saturated rings. The molecule has 5 heteroatoms. The molecule has 0 aromatic carbocycles. The summed E-state index contributed by atoms with van der Waals surface area (Å²) in [7, 11) is 0. The van der Waals surface area contributed by atoms with Crippen LogP contribution in [0.2, 0.25) is 0 Å². The number of ether oxygens (including phenoxy) is 1. The van der Waals surface area contributed by atoms with Crippen LogP contribution >= 0.6 is 0 Å². The molecule has 0 aromatic heterocycles. The Kier molecular flexibility index (Phi) is 6.75. The number of allylic oxidation sites excluding steroid dienone is 2. The molecule has 0 bridgehead atoms. The van der Waals surface area contributed by atoms with Crippen molar-refractivity contribution in [1.82, 2.24) is 9.80 Å². The number of aliphatic imine (C=N–C) groups is 1. The monoisotopic (exact) mass is 294 g/mol. The van der Waals surface area contributed by atoms with E-state index in [9.17, 15) is 0 Å². The molecule has 0 amide bonds. The van der Waals surface area contributed by atoms with Gasteiger partial charge in [-0.25, -0.2) is 0 Å². The maximum atomic E-state index is 5.82. The van der Waals surface area contributed by atoms with Gasteiger partial charge in [-0.15, -0.1) is 0 Å². The summed E-state index contributed by atoms with van der Waals surface area (Å²) in [6.45, 7) is 17.8. The summed E-state index contributed by atoms with van der Waals surface area (Å²) in [5.74, 6) is 0.781. The lowest BCUT2D eigenvalue weighted by Crippen LogP contribution is -2.47. The molecule has 0 radical (unpaired) electrons. The van der Waals surface area contributed by atoms with Gasteiger partial charge in [0.25, 0.3) is 0 Å². The van der Waals surface area contributed by atoms with E-state index in [1.54, 1.807) is 6.21 Å². The van der Waals surface area contributed by atoms with Crippen LogP contribution in [0.3, 0.4) is 0 Å². The standard InChI is InChI=1S/C16H30N4O/c1-14(17)6-7-18-8-9-19-10-12-20(13-11-19)15(2)21-16(3,4)5/h6-7H,2,8-13,17H2,1,3-5H3/b14-6-,18-7?. The highest BCUT2D eigenvalue weighted by Crippen LogP contribution is 2.16. The molecule has 0 spiro atoms. The van der Waals surface area contributed by atoms with Crippen molar-refractivity contribution in [3.63, 3.8) is 0 Å². The van der Waals surface area contributed by atoms with Crippen molar-refractivity contribution in [1.29, 1.82) is 0 Å². The zero-order valence-electron chi connectivity index (χ0n) is 13.9. The van der Waals surface area contributed by atoms with E-state index in [4.69, 9.17) is 10.5 Å². The third-order valence-corrected chi connectivity index (χ3v) is 3.14. The minimum absolute atomic E-state index is 0.183. The lowest BCUT2D eigenvalue weighted by atomic mass is 10.2. The van der Waals surface area contributed by atoms with E-state index < -0.39 is 0 Å². The number of hydrogen-bond donors (Lipinski definition) is 1. The molecular weight excluding hydrogens is 264 g/mol. The number of nitrogens with zero attached hydrogens (tertiary/aromatic N) is 3. The van der Waals surface area contributed by atoms with Crippen LogP contribution in [0.1, 0.15) is 27.7 Å².